The average molecular weight is 570 g/mol. The number of benzene rings is 3. The number of carbonyl (C=O) groups excluding carboxylic acids is 1. The van der Waals surface area contributed by atoms with E-state index in [1.807, 2.05) is 0 Å². The summed E-state index contributed by atoms with van der Waals surface area (Å²) in [6.45, 7) is -3.06. The molecule has 1 heterocycles. The van der Waals surface area contributed by atoms with E-state index in [0.717, 1.165) is 33.6 Å². The van der Waals surface area contributed by atoms with Gasteiger partial charge in [-0.3, -0.25) is 14.3 Å². The molecule has 0 unspecified atom stereocenters. The molecule has 4 rings (SSSR count). The van der Waals surface area contributed by atoms with E-state index in [1.165, 1.54) is 44.5 Å². The molecule has 0 aliphatic rings. The Balaban J connectivity index is 1.89. The van der Waals surface area contributed by atoms with E-state index in [-0.39, 0.29) is 38.5 Å². The van der Waals surface area contributed by atoms with Crippen LogP contribution in [-0.4, -0.2) is 29.0 Å². The number of ether oxygens (including phenoxy) is 2. The fourth-order valence-corrected chi connectivity index (χ4v) is 4.34. The Morgan fingerprint density at radius 1 is 0.947 bits per heavy atom. The second kappa shape index (κ2) is 10.8. The largest absolute Gasteiger partial charge is 0.497 e. The van der Waals surface area contributed by atoms with Crippen LogP contribution in [0, 0.1) is 11.6 Å². The molecule has 38 heavy (non-hydrogen) atoms. The Morgan fingerprint density at radius 2 is 1.53 bits per heavy atom. The predicted molar refractivity (Wildman–Crippen MR) is 134 cm³/mol. The van der Waals surface area contributed by atoms with E-state index >= 15 is 8.78 Å². The van der Waals surface area contributed by atoms with Crippen LogP contribution in [0.25, 0.3) is 16.9 Å². The molecule has 1 aromatic heterocycles. The minimum Gasteiger partial charge on any atom is -0.497 e. The molecule has 0 fully saturated rings. The van der Waals surface area contributed by atoms with Gasteiger partial charge in [-0.05, 0) is 42.5 Å². The van der Waals surface area contributed by atoms with Crippen molar-refractivity contribution in [2.24, 2.45) is 7.05 Å². The van der Waals surface area contributed by atoms with Gasteiger partial charge < -0.3 is 14.8 Å². The molecular formula is C25H17Cl2F4N3O4. The van der Waals surface area contributed by atoms with E-state index in [4.69, 9.17) is 27.9 Å². The number of alkyl halides is 2. The van der Waals surface area contributed by atoms with E-state index < -0.39 is 41.0 Å². The molecule has 198 valence electrons. The molecular weight excluding hydrogens is 553 g/mol. The molecule has 7 nitrogen and oxygen atoms in total. The number of methoxy groups -OCH3 is 1. The number of carbonyl (C=O) groups is 1. The summed E-state index contributed by atoms with van der Waals surface area (Å²) in [6.07, 6.45) is 0. The monoisotopic (exact) mass is 569 g/mol. The molecule has 0 bridgehead atoms. The standard InChI is InChI=1S/C25H17Cl2F4N3O4/c1-33-22(20-18(28)10-17(37-2)11-19(20)29)21(24(36)34(33)15-8-13(26)7-14(27)9-15)32-23(35)12-3-5-16(6-4-12)38-25(30)31/h3-11,25H,1-2H3,(H,32,35). The highest BCUT2D eigenvalue weighted by Gasteiger charge is 2.28. The van der Waals surface area contributed by atoms with Crippen LogP contribution in [0.4, 0.5) is 23.2 Å². The first-order valence-electron chi connectivity index (χ1n) is 10.7. The zero-order chi connectivity index (χ0) is 27.7. The number of halogens is 6. The zero-order valence-corrected chi connectivity index (χ0v) is 21.1. The van der Waals surface area contributed by atoms with E-state index in [0.29, 0.717) is 0 Å². The molecule has 0 spiro atoms. The third-order valence-corrected chi connectivity index (χ3v) is 5.86. The first-order valence-corrected chi connectivity index (χ1v) is 11.4. The first kappa shape index (κ1) is 27.1. The van der Waals surface area contributed by atoms with Gasteiger partial charge in [-0.15, -0.1) is 0 Å². The smallest absolute Gasteiger partial charge is 0.387 e. The molecule has 4 aromatic rings. The van der Waals surface area contributed by atoms with Gasteiger partial charge in [0.25, 0.3) is 11.5 Å². The van der Waals surface area contributed by atoms with Crippen LogP contribution < -0.4 is 20.3 Å². The normalized spacial score (nSPS) is 11.1. The molecule has 0 saturated heterocycles. The molecule has 0 radical (unpaired) electrons. The minimum atomic E-state index is -3.06. The lowest BCUT2D eigenvalue weighted by molar-refractivity contribution is -0.0498. The molecule has 3 aromatic carbocycles. The second-order valence-corrected chi connectivity index (χ2v) is 8.69. The summed E-state index contributed by atoms with van der Waals surface area (Å²) < 4.78 is 66.5. The highest BCUT2D eigenvalue weighted by Crippen LogP contribution is 2.35. The number of aromatic nitrogens is 2. The van der Waals surface area contributed by atoms with Crippen molar-refractivity contribution in [3.63, 3.8) is 0 Å². The van der Waals surface area contributed by atoms with E-state index in [2.05, 4.69) is 10.1 Å². The second-order valence-electron chi connectivity index (χ2n) is 7.81. The van der Waals surface area contributed by atoms with Gasteiger partial charge in [-0.1, -0.05) is 23.2 Å². The molecule has 0 atom stereocenters. The summed E-state index contributed by atoms with van der Waals surface area (Å²) in [4.78, 5) is 26.6. The number of hydrogen-bond acceptors (Lipinski definition) is 4. The Bertz CT molecular complexity index is 1540. The van der Waals surface area contributed by atoms with Crippen LogP contribution >= 0.6 is 23.2 Å². The van der Waals surface area contributed by atoms with Gasteiger partial charge in [-0.2, -0.15) is 8.78 Å². The van der Waals surface area contributed by atoms with Gasteiger partial charge in [0.2, 0.25) is 0 Å². The number of amides is 1. The van der Waals surface area contributed by atoms with Crippen molar-refractivity contribution < 1.29 is 31.8 Å². The van der Waals surface area contributed by atoms with Crippen LogP contribution in [0.5, 0.6) is 11.5 Å². The number of hydrogen-bond donors (Lipinski definition) is 1. The Labute approximate surface area is 222 Å². The fraction of sp³-hybridized carbons (Fsp3) is 0.120. The summed E-state index contributed by atoms with van der Waals surface area (Å²) in [7, 11) is 2.58. The van der Waals surface area contributed by atoms with Gasteiger partial charge in [0, 0.05) is 34.8 Å². The minimum absolute atomic E-state index is 0.0474. The van der Waals surface area contributed by atoms with Crippen molar-refractivity contribution in [3.05, 3.63) is 92.2 Å². The maximum absolute atomic E-state index is 15.1. The zero-order valence-electron chi connectivity index (χ0n) is 19.6. The lowest BCUT2D eigenvalue weighted by Crippen LogP contribution is -2.23. The maximum Gasteiger partial charge on any atom is 0.387 e. The van der Waals surface area contributed by atoms with Crippen LogP contribution in [0.3, 0.4) is 0 Å². The van der Waals surface area contributed by atoms with E-state index in [1.54, 1.807) is 0 Å². The highest BCUT2D eigenvalue weighted by molar-refractivity contribution is 6.34. The Kier molecular flexibility index (Phi) is 7.70. The van der Waals surface area contributed by atoms with Gasteiger partial charge in [-0.25, -0.2) is 13.5 Å². The first-order chi connectivity index (χ1) is 18.0. The predicted octanol–water partition coefficient (Wildman–Crippen LogP) is 6.29. The maximum atomic E-state index is 15.1. The summed E-state index contributed by atoms with van der Waals surface area (Å²) in [5.74, 6) is -3.29. The van der Waals surface area contributed by atoms with Gasteiger partial charge >= 0.3 is 6.61 Å². The van der Waals surface area contributed by atoms with Crippen LogP contribution in [0.1, 0.15) is 10.4 Å². The summed E-state index contributed by atoms with van der Waals surface area (Å²) in [5.41, 5.74) is -2.15. The third kappa shape index (κ3) is 5.34. The topological polar surface area (TPSA) is 74.5 Å². The molecule has 0 aliphatic heterocycles. The van der Waals surface area contributed by atoms with Crippen molar-refractivity contribution in [2.45, 2.75) is 6.61 Å². The van der Waals surface area contributed by atoms with Crippen LogP contribution in [0.15, 0.2) is 59.4 Å². The molecule has 0 saturated carbocycles. The number of rotatable bonds is 7. The van der Waals surface area contributed by atoms with Gasteiger partial charge in [0.05, 0.1) is 18.4 Å². The summed E-state index contributed by atoms with van der Waals surface area (Å²) in [5, 5.41) is 2.75. The molecule has 0 aliphatic carbocycles. The SMILES string of the molecule is COc1cc(F)c(-c2c(NC(=O)c3ccc(OC(F)F)cc3)c(=O)n(-c3cc(Cl)cc(Cl)c3)n2C)c(F)c1. The molecule has 13 heteroatoms. The fourth-order valence-electron chi connectivity index (χ4n) is 3.82. The van der Waals surface area contributed by atoms with Crippen molar-refractivity contribution in [2.75, 3.05) is 12.4 Å². The van der Waals surface area contributed by atoms with Crippen LogP contribution in [0.2, 0.25) is 10.0 Å². The quantitative estimate of drug-likeness (QED) is 0.265. The lowest BCUT2D eigenvalue weighted by atomic mass is 10.1. The van der Waals surface area contributed by atoms with Crippen LogP contribution in [-0.2, 0) is 7.05 Å². The Morgan fingerprint density at radius 3 is 2.05 bits per heavy atom. The number of anilines is 1. The lowest BCUT2D eigenvalue weighted by Gasteiger charge is -2.13. The summed E-state index contributed by atoms with van der Waals surface area (Å²) in [6, 6.07) is 10.7. The number of nitrogens with zero attached hydrogens (tertiary/aromatic N) is 2. The van der Waals surface area contributed by atoms with Crippen molar-refractivity contribution in [3.8, 4) is 28.4 Å². The van der Waals surface area contributed by atoms with Crippen molar-refractivity contribution >= 4 is 34.8 Å². The molecule has 1 amide bonds. The van der Waals surface area contributed by atoms with Crippen molar-refractivity contribution in [1.29, 1.82) is 0 Å². The average Bonchev–Trinajstić information content (AvgIpc) is 3.07. The highest BCUT2D eigenvalue weighted by atomic mass is 35.5. The van der Waals surface area contributed by atoms with Gasteiger partial charge in [0.1, 0.15) is 34.5 Å². The van der Waals surface area contributed by atoms with Crippen molar-refractivity contribution in [1.82, 2.24) is 9.36 Å². The molecule has 1 N–H and O–H groups in total. The van der Waals surface area contributed by atoms with Gasteiger partial charge in [0.15, 0.2) is 0 Å². The third-order valence-electron chi connectivity index (χ3n) is 5.43. The summed E-state index contributed by atoms with van der Waals surface area (Å²) >= 11 is 12.2. The Hall–Kier alpha value is -3.96. The van der Waals surface area contributed by atoms with E-state index in [9.17, 15) is 18.4 Å². The number of nitrogens with one attached hydrogen (secondary N) is 1.